The highest BCUT2D eigenvalue weighted by atomic mass is 16.5. The van der Waals surface area contributed by atoms with Crippen LogP contribution in [0, 0.1) is 0 Å². The van der Waals surface area contributed by atoms with Crippen LogP contribution in [0.3, 0.4) is 0 Å². The predicted molar refractivity (Wildman–Crippen MR) is 130 cm³/mol. The highest BCUT2D eigenvalue weighted by molar-refractivity contribution is 5.92. The number of aryl methyl sites for hydroxylation is 1. The van der Waals surface area contributed by atoms with Crippen molar-refractivity contribution in [2.24, 2.45) is 7.05 Å². The van der Waals surface area contributed by atoms with Gasteiger partial charge in [-0.1, -0.05) is 12.1 Å². The van der Waals surface area contributed by atoms with Gasteiger partial charge in [0.15, 0.2) is 0 Å². The first-order valence-corrected chi connectivity index (χ1v) is 11.3. The van der Waals surface area contributed by atoms with E-state index in [1.54, 1.807) is 18.1 Å². The van der Waals surface area contributed by atoms with Gasteiger partial charge in [0.25, 0.3) is 0 Å². The van der Waals surface area contributed by atoms with Gasteiger partial charge in [0, 0.05) is 45.0 Å². The quantitative estimate of drug-likeness (QED) is 0.475. The van der Waals surface area contributed by atoms with Crippen molar-refractivity contribution in [3.05, 3.63) is 54.6 Å². The summed E-state index contributed by atoms with van der Waals surface area (Å²) in [5.74, 6) is 1.65. The van der Waals surface area contributed by atoms with E-state index in [0.29, 0.717) is 26.2 Å². The van der Waals surface area contributed by atoms with E-state index in [0.717, 1.165) is 39.4 Å². The van der Waals surface area contributed by atoms with Crippen LogP contribution in [0.1, 0.15) is 18.5 Å². The lowest BCUT2D eigenvalue weighted by atomic mass is 10.1. The number of hydrogen-bond acceptors (Lipinski definition) is 6. The van der Waals surface area contributed by atoms with E-state index in [1.807, 2.05) is 55.5 Å². The van der Waals surface area contributed by atoms with E-state index in [4.69, 9.17) is 4.74 Å². The summed E-state index contributed by atoms with van der Waals surface area (Å²) in [5, 5.41) is 8.31. The second-order valence-corrected chi connectivity index (χ2v) is 8.47. The molecule has 1 aliphatic rings. The van der Waals surface area contributed by atoms with Crippen molar-refractivity contribution in [2.45, 2.75) is 13.0 Å². The average molecular weight is 461 g/mol. The number of carbonyl (C=O) groups excluding carboxylic acids is 1. The zero-order valence-electron chi connectivity index (χ0n) is 19.5. The molecular weight excluding hydrogens is 432 g/mol. The fourth-order valence-corrected chi connectivity index (χ4v) is 4.29. The molecule has 5 rings (SSSR count). The van der Waals surface area contributed by atoms with Gasteiger partial charge in [0.1, 0.15) is 23.5 Å². The van der Waals surface area contributed by atoms with Crippen molar-refractivity contribution in [1.29, 1.82) is 0 Å². The Bertz CT molecular complexity index is 1310. The Labute approximate surface area is 197 Å². The first-order valence-electron chi connectivity index (χ1n) is 11.3. The monoisotopic (exact) mass is 460 g/mol. The Morgan fingerprint density at radius 3 is 2.74 bits per heavy atom. The molecule has 10 nitrogen and oxygen atoms in total. The number of hydrogen-bond donors (Lipinski definition) is 2. The number of rotatable bonds is 5. The molecule has 0 aliphatic carbocycles. The van der Waals surface area contributed by atoms with Crippen LogP contribution in [-0.4, -0.2) is 69.0 Å². The Hall–Kier alpha value is -4.08. The van der Waals surface area contributed by atoms with E-state index in [9.17, 15) is 4.79 Å². The fraction of sp³-hybridized carbons (Fsp3) is 0.333. The fourth-order valence-electron chi connectivity index (χ4n) is 4.29. The summed E-state index contributed by atoms with van der Waals surface area (Å²) in [4.78, 5) is 29.3. The van der Waals surface area contributed by atoms with E-state index in [-0.39, 0.29) is 12.1 Å². The van der Waals surface area contributed by atoms with Crippen LogP contribution in [0.25, 0.3) is 22.3 Å². The van der Waals surface area contributed by atoms with Gasteiger partial charge in [0.05, 0.1) is 30.4 Å². The molecule has 0 unspecified atom stereocenters. The Balaban J connectivity index is 1.25. The number of benzene rings is 1. The standard InChI is InChI=1S/C24H28N8O2/c1-16(17-5-4-6-19(11-17)34-3)28-24(33)32-9-7-31(8-10-32)23-20-12-21(18-13-27-30(2)14-18)29-22(20)25-15-26-23/h4-6,11-16H,7-10H2,1-3H3,(H,28,33)(H,25,26,29)/t16-/m0/s1. The number of methoxy groups -OCH3 is 1. The molecule has 34 heavy (non-hydrogen) atoms. The first-order chi connectivity index (χ1) is 16.5. The minimum atomic E-state index is -0.118. The van der Waals surface area contributed by atoms with Gasteiger partial charge >= 0.3 is 6.03 Å². The number of piperazine rings is 1. The molecule has 0 spiro atoms. The topological polar surface area (TPSA) is 104 Å². The zero-order valence-corrected chi connectivity index (χ0v) is 19.5. The van der Waals surface area contributed by atoms with Gasteiger partial charge < -0.3 is 24.8 Å². The number of carbonyl (C=O) groups is 1. The van der Waals surface area contributed by atoms with E-state index in [1.165, 1.54) is 0 Å². The summed E-state index contributed by atoms with van der Waals surface area (Å²) in [7, 11) is 3.53. The number of anilines is 1. The molecule has 3 aromatic heterocycles. The minimum Gasteiger partial charge on any atom is -0.497 e. The van der Waals surface area contributed by atoms with Crippen molar-refractivity contribution < 1.29 is 9.53 Å². The van der Waals surface area contributed by atoms with E-state index in [2.05, 4.69) is 36.3 Å². The van der Waals surface area contributed by atoms with E-state index < -0.39 is 0 Å². The van der Waals surface area contributed by atoms with Crippen LogP contribution >= 0.6 is 0 Å². The van der Waals surface area contributed by atoms with Crippen molar-refractivity contribution in [3.63, 3.8) is 0 Å². The number of nitrogens with one attached hydrogen (secondary N) is 2. The highest BCUT2D eigenvalue weighted by Gasteiger charge is 2.25. The summed E-state index contributed by atoms with van der Waals surface area (Å²) in [6.45, 7) is 4.59. The lowest BCUT2D eigenvalue weighted by Crippen LogP contribution is -2.52. The third kappa shape index (κ3) is 4.26. The molecule has 0 bridgehead atoms. The van der Waals surface area contributed by atoms with Gasteiger partial charge in [-0.3, -0.25) is 4.68 Å². The van der Waals surface area contributed by atoms with Crippen LogP contribution in [0.15, 0.2) is 49.1 Å². The number of aromatic amines is 1. The Morgan fingerprint density at radius 2 is 2.00 bits per heavy atom. The van der Waals surface area contributed by atoms with Crippen LogP contribution in [-0.2, 0) is 7.05 Å². The summed E-state index contributed by atoms with van der Waals surface area (Å²) in [6.07, 6.45) is 5.36. The third-order valence-electron chi connectivity index (χ3n) is 6.22. The number of H-pyrrole nitrogens is 1. The predicted octanol–water partition coefficient (Wildman–Crippen LogP) is 2.96. The maximum absolute atomic E-state index is 12.9. The van der Waals surface area contributed by atoms with Crippen molar-refractivity contribution in [1.82, 2.24) is 34.9 Å². The molecule has 4 heterocycles. The summed E-state index contributed by atoms with van der Waals surface area (Å²) in [6, 6.07) is 9.64. The number of nitrogens with zero attached hydrogens (tertiary/aromatic N) is 6. The molecule has 1 aliphatic heterocycles. The first kappa shape index (κ1) is 21.7. The molecular formula is C24H28N8O2. The molecule has 0 saturated carbocycles. The van der Waals surface area contributed by atoms with Crippen LogP contribution in [0.2, 0.25) is 0 Å². The van der Waals surface area contributed by atoms with Crippen LogP contribution < -0.4 is 15.0 Å². The van der Waals surface area contributed by atoms with Gasteiger partial charge in [-0.25, -0.2) is 14.8 Å². The second-order valence-electron chi connectivity index (χ2n) is 8.47. The SMILES string of the molecule is COc1cccc([C@H](C)NC(=O)N2CCN(c3ncnc4[nH]c(-c5cnn(C)c5)cc34)CC2)c1. The molecule has 4 aromatic rings. The van der Waals surface area contributed by atoms with Gasteiger partial charge in [-0.05, 0) is 30.7 Å². The molecule has 0 radical (unpaired) electrons. The molecule has 1 fully saturated rings. The molecule has 176 valence electrons. The molecule has 2 amide bonds. The largest absolute Gasteiger partial charge is 0.497 e. The molecule has 1 atom stereocenters. The van der Waals surface area contributed by atoms with Crippen molar-refractivity contribution >= 4 is 22.9 Å². The van der Waals surface area contributed by atoms with E-state index >= 15 is 0 Å². The normalized spacial score (nSPS) is 14.9. The molecule has 10 heteroatoms. The summed E-state index contributed by atoms with van der Waals surface area (Å²) >= 11 is 0. The lowest BCUT2D eigenvalue weighted by molar-refractivity contribution is 0.191. The number of aromatic nitrogens is 5. The number of fused-ring (bicyclic) bond motifs is 1. The number of urea groups is 1. The van der Waals surface area contributed by atoms with Gasteiger partial charge in [-0.2, -0.15) is 5.10 Å². The molecule has 2 N–H and O–H groups in total. The summed E-state index contributed by atoms with van der Waals surface area (Å²) < 4.78 is 7.06. The maximum atomic E-state index is 12.9. The summed E-state index contributed by atoms with van der Waals surface area (Å²) in [5.41, 5.74) is 3.75. The minimum absolute atomic E-state index is 0.0664. The number of amides is 2. The maximum Gasteiger partial charge on any atom is 0.317 e. The third-order valence-corrected chi connectivity index (χ3v) is 6.22. The Morgan fingerprint density at radius 1 is 1.18 bits per heavy atom. The van der Waals surface area contributed by atoms with Gasteiger partial charge in [0.2, 0.25) is 0 Å². The van der Waals surface area contributed by atoms with Gasteiger partial charge in [-0.15, -0.1) is 0 Å². The Kier molecular flexibility index (Phi) is 5.79. The van der Waals surface area contributed by atoms with Crippen LogP contribution in [0.4, 0.5) is 10.6 Å². The van der Waals surface area contributed by atoms with Crippen molar-refractivity contribution in [3.8, 4) is 17.0 Å². The molecule has 1 aromatic carbocycles. The number of ether oxygens (including phenoxy) is 1. The molecule has 1 saturated heterocycles. The lowest BCUT2D eigenvalue weighted by Gasteiger charge is -2.36. The second kappa shape index (κ2) is 9.05. The smallest absolute Gasteiger partial charge is 0.317 e. The average Bonchev–Trinajstić information content (AvgIpc) is 3.50. The van der Waals surface area contributed by atoms with Crippen molar-refractivity contribution in [2.75, 3.05) is 38.2 Å². The zero-order chi connectivity index (χ0) is 23.7. The highest BCUT2D eigenvalue weighted by Crippen LogP contribution is 2.29. The van der Waals surface area contributed by atoms with Crippen LogP contribution in [0.5, 0.6) is 5.75 Å².